The molecule has 164 valence electrons. The summed E-state index contributed by atoms with van der Waals surface area (Å²) in [5, 5.41) is 2.99. The molecule has 0 saturated carbocycles. The van der Waals surface area contributed by atoms with Crippen LogP contribution in [0, 0.1) is 12.7 Å². The third kappa shape index (κ3) is 5.02. The number of rotatable bonds is 5. The van der Waals surface area contributed by atoms with Crippen LogP contribution < -0.4 is 5.32 Å². The van der Waals surface area contributed by atoms with Crippen LogP contribution in [-0.4, -0.2) is 34.8 Å². The number of amides is 2. The van der Waals surface area contributed by atoms with Crippen LogP contribution in [0.5, 0.6) is 0 Å². The molecule has 5 nitrogen and oxygen atoms in total. The summed E-state index contributed by atoms with van der Waals surface area (Å²) >= 11 is 0. The first-order valence-corrected chi connectivity index (χ1v) is 10.9. The molecule has 0 aliphatic carbocycles. The van der Waals surface area contributed by atoms with Crippen molar-refractivity contribution in [2.24, 2.45) is 0 Å². The minimum atomic E-state index is -0.358. The summed E-state index contributed by atoms with van der Waals surface area (Å²) in [6, 6.07) is 19.1. The van der Waals surface area contributed by atoms with Crippen LogP contribution in [0.25, 0.3) is 0 Å². The van der Waals surface area contributed by atoms with Crippen LogP contribution in [0.1, 0.15) is 56.4 Å². The molecule has 3 aromatic rings. The van der Waals surface area contributed by atoms with E-state index in [4.69, 9.17) is 4.98 Å². The highest BCUT2D eigenvalue weighted by Crippen LogP contribution is 2.30. The van der Waals surface area contributed by atoms with E-state index in [2.05, 4.69) is 5.32 Å². The van der Waals surface area contributed by atoms with E-state index in [1.807, 2.05) is 49.4 Å². The average molecular weight is 432 g/mol. The molecular weight excluding hydrogens is 405 g/mol. The first kappa shape index (κ1) is 21.7. The van der Waals surface area contributed by atoms with Crippen molar-refractivity contribution < 1.29 is 14.0 Å². The van der Waals surface area contributed by atoms with E-state index < -0.39 is 0 Å². The molecule has 0 atom stereocenters. The molecule has 32 heavy (non-hydrogen) atoms. The van der Waals surface area contributed by atoms with Gasteiger partial charge in [-0.1, -0.05) is 30.3 Å². The van der Waals surface area contributed by atoms with E-state index in [9.17, 15) is 14.0 Å². The van der Waals surface area contributed by atoms with Gasteiger partial charge in [-0.05, 0) is 61.7 Å². The Morgan fingerprint density at radius 2 is 1.69 bits per heavy atom. The van der Waals surface area contributed by atoms with Crippen LogP contribution in [-0.2, 0) is 6.54 Å². The molecule has 1 saturated heterocycles. The molecule has 1 N–H and O–H groups in total. The smallest absolute Gasteiger partial charge is 0.253 e. The summed E-state index contributed by atoms with van der Waals surface area (Å²) in [5.41, 5.74) is 3.78. The van der Waals surface area contributed by atoms with Gasteiger partial charge in [0.1, 0.15) is 5.82 Å². The van der Waals surface area contributed by atoms with Gasteiger partial charge in [-0.3, -0.25) is 14.6 Å². The molecule has 2 amide bonds. The van der Waals surface area contributed by atoms with Gasteiger partial charge in [0, 0.05) is 36.8 Å². The topological polar surface area (TPSA) is 62.3 Å². The lowest BCUT2D eigenvalue weighted by molar-refractivity contribution is 0.0710. The van der Waals surface area contributed by atoms with E-state index in [-0.39, 0.29) is 23.5 Å². The Kier molecular flexibility index (Phi) is 6.59. The minimum absolute atomic E-state index is 0.0959. The van der Waals surface area contributed by atoms with E-state index >= 15 is 0 Å². The molecule has 1 aromatic heterocycles. The number of likely N-dealkylation sites (tertiary alicyclic amines) is 1. The number of nitrogens with zero attached hydrogens (tertiary/aromatic N) is 2. The maximum atomic E-state index is 13.2. The number of aryl methyl sites for hydroxylation is 1. The summed E-state index contributed by atoms with van der Waals surface area (Å²) < 4.78 is 13.2. The Morgan fingerprint density at radius 1 is 1.00 bits per heavy atom. The first-order chi connectivity index (χ1) is 15.5. The van der Waals surface area contributed by atoms with Crippen molar-refractivity contribution in [3.8, 4) is 0 Å². The Bertz CT molecular complexity index is 1090. The molecule has 2 heterocycles. The summed E-state index contributed by atoms with van der Waals surface area (Å²) in [6.45, 7) is 3.52. The van der Waals surface area contributed by atoms with Crippen LogP contribution in [0.2, 0.25) is 0 Å². The fourth-order valence-electron chi connectivity index (χ4n) is 4.08. The molecule has 1 aliphatic rings. The predicted octanol–water partition coefficient (Wildman–Crippen LogP) is 4.48. The number of piperidine rings is 1. The molecule has 0 spiro atoms. The quantitative estimate of drug-likeness (QED) is 0.648. The number of benzene rings is 2. The number of carbonyl (C=O) groups excluding carboxylic acids is 2. The zero-order valence-electron chi connectivity index (χ0n) is 18.1. The zero-order valence-corrected chi connectivity index (χ0v) is 18.1. The lowest BCUT2D eigenvalue weighted by Crippen LogP contribution is -2.38. The summed E-state index contributed by atoms with van der Waals surface area (Å²) in [4.78, 5) is 32.1. The zero-order chi connectivity index (χ0) is 22.5. The van der Waals surface area contributed by atoms with Crippen LogP contribution in [0.4, 0.5) is 4.39 Å². The average Bonchev–Trinajstić information content (AvgIpc) is 2.83. The van der Waals surface area contributed by atoms with E-state index in [0.29, 0.717) is 30.8 Å². The number of hydrogen-bond donors (Lipinski definition) is 1. The van der Waals surface area contributed by atoms with Gasteiger partial charge >= 0.3 is 0 Å². The van der Waals surface area contributed by atoms with Crippen LogP contribution in [0.3, 0.4) is 0 Å². The van der Waals surface area contributed by atoms with Gasteiger partial charge in [0.2, 0.25) is 0 Å². The van der Waals surface area contributed by atoms with Crippen molar-refractivity contribution in [3.05, 3.63) is 101 Å². The normalized spacial score (nSPS) is 14.2. The minimum Gasteiger partial charge on any atom is -0.348 e. The summed E-state index contributed by atoms with van der Waals surface area (Å²) in [6.07, 6.45) is 1.45. The first-order valence-electron chi connectivity index (χ1n) is 10.9. The fraction of sp³-hybridized carbons (Fsp3) is 0.269. The molecule has 1 aliphatic heterocycles. The molecule has 6 heteroatoms. The fourth-order valence-corrected chi connectivity index (χ4v) is 4.08. The standard InChI is InChI=1S/C26H26FN3O2/c1-18-7-12-23(25(31)28-17-19-5-3-2-4-6-19)24(29-18)20-13-15-30(16-14-20)26(32)21-8-10-22(27)11-9-21/h2-12,20H,13-17H2,1H3,(H,28,31). The van der Waals surface area contributed by atoms with Crippen molar-refractivity contribution in [2.75, 3.05) is 13.1 Å². The highest BCUT2D eigenvalue weighted by atomic mass is 19.1. The van der Waals surface area contributed by atoms with Gasteiger partial charge in [-0.2, -0.15) is 0 Å². The SMILES string of the molecule is Cc1ccc(C(=O)NCc2ccccc2)c(C2CCN(C(=O)c3ccc(F)cc3)CC2)n1. The van der Waals surface area contributed by atoms with Gasteiger partial charge in [-0.15, -0.1) is 0 Å². The molecule has 0 bridgehead atoms. The third-order valence-electron chi connectivity index (χ3n) is 5.86. The van der Waals surface area contributed by atoms with Crippen LogP contribution >= 0.6 is 0 Å². The lowest BCUT2D eigenvalue weighted by atomic mass is 9.89. The number of aromatic nitrogens is 1. The predicted molar refractivity (Wildman–Crippen MR) is 121 cm³/mol. The van der Waals surface area contributed by atoms with Gasteiger partial charge in [0.15, 0.2) is 0 Å². The second-order valence-electron chi connectivity index (χ2n) is 8.13. The molecule has 0 radical (unpaired) electrons. The molecule has 1 fully saturated rings. The van der Waals surface area contributed by atoms with Gasteiger partial charge in [0.25, 0.3) is 11.8 Å². The molecular formula is C26H26FN3O2. The Labute approximate surface area is 187 Å². The van der Waals surface area contributed by atoms with E-state index in [1.165, 1.54) is 24.3 Å². The Morgan fingerprint density at radius 3 is 2.38 bits per heavy atom. The number of pyridine rings is 1. The summed E-state index contributed by atoms with van der Waals surface area (Å²) in [7, 11) is 0. The third-order valence-corrected chi connectivity index (χ3v) is 5.86. The monoisotopic (exact) mass is 431 g/mol. The maximum Gasteiger partial charge on any atom is 0.253 e. The van der Waals surface area contributed by atoms with Crippen molar-refractivity contribution in [1.29, 1.82) is 0 Å². The van der Waals surface area contributed by atoms with Gasteiger partial charge in [-0.25, -0.2) is 4.39 Å². The highest BCUT2D eigenvalue weighted by Gasteiger charge is 2.28. The Hall–Kier alpha value is -3.54. The number of halogens is 1. The van der Waals surface area contributed by atoms with E-state index in [1.54, 1.807) is 4.90 Å². The van der Waals surface area contributed by atoms with Crippen molar-refractivity contribution in [2.45, 2.75) is 32.2 Å². The maximum absolute atomic E-state index is 13.2. The summed E-state index contributed by atoms with van der Waals surface area (Å²) in [5.74, 6) is -0.490. The molecule has 4 rings (SSSR count). The van der Waals surface area contributed by atoms with Gasteiger partial charge in [0.05, 0.1) is 11.3 Å². The van der Waals surface area contributed by atoms with Crippen LogP contribution in [0.15, 0.2) is 66.7 Å². The van der Waals surface area contributed by atoms with Gasteiger partial charge < -0.3 is 10.2 Å². The number of carbonyl (C=O) groups is 2. The van der Waals surface area contributed by atoms with E-state index in [0.717, 1.165) is 29.8 Å². The Balaban J connectivity index is 1.43. The number of hydrogen-bond acceptors (Lipinski definition) is 3. The molecule has 0 unspecified atom stereocenters. The van der Waals surface area contributed by atoms with Crippen molar-refractivity contribution in [3.63, 3.8) is 0 Å². The van der Waals surface area contributed by atoms with Crippen molar-refractivity contribution in [1.82, 2.24) is 15.2 Å². The largest absolute Gasteiger partial charge is 0.348 e. The molecule has 2 aromatic carbocycles. The lowest BCUT2D eigenvalue weighted by Gasteiger charge is -2.32. The second-order valence-corrected chi connectivity index (χ2v) is 8.13. The number of nitrogens with one attached hydrogen (secondary N) is 1. The van der Waals surface area contributed by atoms with Crippen molar-refractivity contribution >= 4 is 11.8 Å². The second kappa shape index (κ2) is 9.73. The highest BCUT2D eigenvalue weighted by molar-refractivity contribution is 5.95.